The van der Waals surface area contributed by atoms with Crippen LogP contribution in [0.5, 0.6) is 0 Å². The molecule has 2 heteroatoms. The van der Waals surface area contributed by atoms with Crippen LogP contribution in [-0.2, 0) is 4.79 Å². The van der Waals surface area contributed by atoms with Crippen molar-refractivity contribution in [3.63, 3.8) is 0 Å². The summed E-state index contributed by atoms with van der Waals surface area (Å²) in [5.41, 5.74) is 6.51. The fourth-order valence-electron chi connectivity index (χ4n) is 1.80. The van der Waals surface area contributed by atoms with E-state index in [1.807, 2.05) is 6.92 Å². The lowest BCUT2D eigenvalue weighted by atomic mass is 9.87. The Morgan fingerprint density at radius 2 is 1.93 bits per heavy atom. The molecule has 0 aromatic heterocycles. The third-order valence-electron chi connectivity index (χ3n) is 2.77. The summed E-state index contributed by atoms with van der Waals surface area (Å²) in [7, 11) is 0. The van der Waals surface area contributed by atoms with Crippen molar-refractivity contribution in [1.29, 1.82) is 0 Å². The first kappa shape index (κ1) is 14.4. The molecule has 0 bridgehead atoms. The van der Waals surface area contributed by atoms with Crippen LogP contribution < -0.4 is 5.73 Å². The highest BCUT2D eigenvalue weighted by Crippen LogP contribution is 2.21. The molecule has 0 spiro atoms. The molecule has 88 valence electrons. The van der Waals surface area contributed by atoms with Gasteiger partial charge in [-0.05, 0) is 38.1 Å². The van der Waals surface area contributed by atoms with Crippen molar-refractivity contribution in [2.75, 3.05) is 6.54 Å². The zero-order valence-corrected chi connectivity index (χ0v) is 10.4. The number of Topliss-reactive ketones (excluding diaryl/α,β-unsaturated/α-hetero) is 1. The van der Waals surface area contributed by atoms with Gasteiger partial charge in [0.25, 0.3) is 0 Å². The number of carbonyl (C=O) groups excluding carboxylic acids is 1. The zero-order chi connectivity index (χ0) is 11.8. The molecule has 2 nitrogen and oxygen atoms in total. The van der Waals surface area contributed by atoms with E-state index >= 15 is 0 Å². The fraction of sp³-hybridized carbons (Fsp3) is 0.769. The largest absolute Gasteiger partial charge is 0.330 e. The number of hydrogen-bond donors (Lipinski definition) is 1. The topological polar surface area (TPSA) is 43.1 Å². The second-order valence-corrected chi connectivity index (χ2v) is 4.79. The molecule has 0 rings (SSSR count). The van der Waals surface area contributed by atoms with Gasteiger partial charge < -0.3 is 5.73 Å². The number of ketones is 1. The molecule has 0 heterocycles. The monoisotopic (exact) mass is 211 g/mol. The highest BCUT2D eigenvalue weighted by Gasteiger charge is 2.14. The smallest absolute Gasteiger partial charge is 0.136 e. The first-order valence-corrected chi connectivity index (χ1v) is 5.83. The van der Waals surface area contributed by atoms with Gasteiger partial charge in [-0.15, -0.1) is 0 Å². The summed E-state index contributed by atoms with van der Waals surface area (Å²) in [5.74, 6) is 1.51. The molecule has 0 aromatic carbocycles. The average molecular weight is 211 g/mol. The van der Waals surface area contributed by atoms with Crippen molar-refractivity contribution < 1.29 is 4.79 Å². The maximum absolute atomic E-state index is 11.5. The Kier molecular flexibility index (Phi) is 7.31. The van der Waals surface area contributed by atoms with Gasteiger partial charge in [0.05, 0.1) is 0 Å². The Morgan fingerprint density at radius 3 is 2.33 bits per heavy atom. The quantitative estimate of drug-likeness (QED) is 0.627. The van der Waals surface area contributed by atoms with Crippen LogP contribution in [0.4, 0.5) is 0 Å². The lowest BCUT2D eigenvalue weighted by molar-refractivity contribution is -0.118. The number of hydrogen-bond acceptors (Lipinski definition) is 2. The van der Waals surface area contributed by atoms with Crippen LogP contribution in [0.3, 0.4) is 0 Å². The van der Waals surface area contributed by atoms with E-state index in [2.05, 4.69) is 20.4 Å². The Labute approximate surface area is 93.9 Å². The molecule has 0 radical (unpaired) electrons. The third-order valence-corrected chi connectivity index (χ3v) is 2.77. The van der Waals surface area contributed by atoms with Gasteiger partial charge in [0.2, 0.25) is 0 Å². The number of carbonyl (C=O) groups is 1. The molecular formula is C13H25NO. The molecule has 0 saturated carbocycles. The van der Waals surface area contributed by atoms with E-state index < -0.39 is 0 Å². The molecule has 0 saturated heterocycles. The van der Waals surface area contributed by atoms with Crippen LogP contribution in [-0.4, -0.2) is 12.3 Å². The SMILES string of the molecule is C=C(C)CC(=O)CCC(CCN)C(C)C. The van der Waals surface area contributed by atoms with Gasteiger partial charge in [0, 0.05) is 12.8 Å². The molecular weight excluding hydrogens is 186 g/mol. The zero-order valence-electron chi connectivity index (χ0n) is 10.4. The van der Waals surface area contributed by atoms with Crippen LogP contribution in [0.1, 0.15) is 46.5 Å². The van der Waals surface area contributed by atoms with Gasteiger partial charge in [-0.2, -0.15) is 0 Å². The maximum atomic E-state index is 11.5. The van der Waals surface area contributed by atoms with E-state index in [-0.39, 0.29) is 0 Å². The third kappa shape index (κ3) is 7.32. The summed E-state index contributed by atoms with van der Waals surface area (Å²) in [6.45, 7) is 10.8. The lowest BCUT2D eigenvalue weighted by Gasteiger charge is -2.19. The summed E-state index contributed by atoms with van der Waals surface area (Å²) >= 11 is 0. The number of rotatable bonds is 8. The van der Waals surface area contributed by atoms with Crippen LogP contribution in [0.25, 0.3) is 0 Å². The molecule has 15 heavy (non-hydrogen) atoms. The van der Waals surface area contributed by atoms with Crippen LogP contribution in [0, 0.1) is 11.8 Å². The molecule has 1 unspecified atom stereocenters. The summed E-state index contributed by atoms with van der Waals surface area (Å²) < 4.78 is 0. The van der Waals surface area contributed by atoms with Crippen molar-refractivity contribution in [3.8, 4) is 0 Å². The highest BCUT2D eigenvalue weighted by atomic mass is 16.1. The van der Waals surface area contributed by atoms with E-state index in [1.54, 1.807) is 0 Å². The van der Waals surface area contributed by atoms with Crippen molar-refractivity contribution in [3.05, 3.63) is 12.2 Å². The Balaban J connectivity index is 3.88. The van der Waals surface area contributed by atoms with E-state index in [9.17, 15) is 4.79 Å². The van der Waals surface area contributed by atoms with Crippen molar-refractivity contribution in [2.45, 2.75) is 46.5 Å². The lowest BCUT2D eigenvalue weighted by Crippen LogP contribution is -2.15. The van der Waals surface area contributed by atoms with Gasteiger partial charge in [0.15, 0.2) is 0 Å². The second kappa shape index (κ2) is 7.63. The normalized spacial score (nSPS) is 12.9. The summed E-state index contributed by atoms with van der Waals surface area (Å²) in [5, 5.41) is 0. The van der Waals surface area contributed by atoms with Crippen LogP contribution >= 0.6 is 0 Å². The predicted molar refractivity (Wildman–Crippen MR) is 65.7 cm³/mol. The van der Waals surface area contributed by atoms with Crippen LogP contribution in [0.15, 0.2) is 12.2 Å². The van der Waals surface area contributed by atoms with Gasteiger partial charge in [-0.25, -0.2) is 0 Å². The Morgan fingerprint density at radius 1 is 1.33 bits per heavy atom. The van der Waals surface area contributed by atoms with Gasteiger partial charge >= 0.3 is 0 Å². The van der Waals surface area contributed by atoms with E-state index in [4.69, 9.17) is 5.73 Å². The average Bonchev–Trinajstić information content (AvgIpc) is 2.10. The van der Waals surface area contributed by atoms with E-state index in [0.29, 0.717) is 30.5 Å². The van der Waals surface area contributed by atoms with Crippen molar-refractivity contribution in [1.82, 2.24) is 0 Å². The summed E-state index contributed by atoms with van der Waals surface area (Å²) in [6, 6.07) is 0. The number of nitrogens with two attached hydrogens (primary N) is 1. The van der Waals surface area contributed by atoms with Crippen LogP contribution in [0.2, 0.25) is 0 Å². The maximum Gasteiger partial charge on any atom is 0.136 e. The molecule has 0 aromatic rings. The fourth-order valence-corrected chi connectivity index (χ4v) is 1.80. The summed E-state index contributed by atoms with van der Waals surface area (Å²) in [4.78, 5) is 11.5. The molecule has 0 aliphatic rings. The Bertz CT molecular complexity index is 209. The van der Waals surface area contributed by atoms with Gasteiger partial charge in [-0.1, -0.05) is 26.0 Å². The Hall–Kier alpha value is -0.630. The molecule has 0 amide bonds. The summed E-state index contributed by atoms with van der Waals surface area (Å²) in [6.07, 6.45) is 3.21. The standard InChI is InChI=1S/C13H25NO/c1-10(2)9-13(15)6-5-12(7-8-14)11(3)4/h11-12H,1,5-9,14H2,2-4H3. The molecule has 1 atom stereocenters. The molecule has 2 N–H and O–H groups in total. The van der Waals surface area contributed by atoms with E-state index in [1.165, 1.54) is 0 Å². The first-order chi connectivity index (χ1) is 6.97. The molecule has 0 aliphatic carbocycles. The predicted octanol–water partition coefficient (Wildman–Crippen LogP) is 2.92. The molecule has 0 aliphatic heterocycles. The van der Waals surface area contributed by atoms with Gasteiger partial charge in [0.1, 0.15) is 5.78 Å². The minimum absolute atomic E-state index is 0.310. The second-order valence-electron chi connectivity index (χ2n) is 4.79. The highest BCUT2D eigenvalue weighted by molar-refractivity contribution is 5.80. The van der Waals surface area contributed by atoms with Gasteiger partial charge in [-0.3, -0.25) is 4.79 Å². The van der Waals surface area contributed by atoms with Crippen molar-refractivity contribution in [2.24, 2.45) is 17.6 Å². The first-order valence-electron chi connectivity index (χ1n) is 5.83. The number of allylic oxidation sites excluding steroid dienone is 1. The molecule has 0 fully saturated rings. The minimum Gasteiger partial charge on any atom is -0.330 e. The van der Waals surface area contributed by atoms with E-state index in [0.717, 1.165) is 25.0 Å². The minimum atomic E-state index is 0.310. The van der Waals surface area contributed by atoms with Crippen molar-refractivity contribution >= 4 is 5.78 Å².